The normalized spacial score (nSPS) is 19.1. The molecule has 1 saturated heterocycles. The molecule has 2 unspecified atom stereocenters. The van der Waals surface area contributed by atoms with Crippen LogP contribution in [-0.2, 0) is 0 Å². The van der Waals surface area contributed by atoms with E-state index in [0.717, 1.165) is 32.1 Å². The van der Waals surface area contributed by atoms with Gasteiger partial charge in [-0.15, -0.1) is 24.0 Å². The second kappa shape index (κ2) is 10.8. The smallest absolute Gasteiger partial charge is 0.191 e. The van der Waals surface area contributed by atoms with Crippen molar-refractivity contribution in [3.05, 3.63) is 30.3 Å². The summed E-state index contributed by atoms with van der Waals surface area (Å²) >= 11 is 0. The summed E-state index contributed by atoms with van der Waals surface area (Å²) in [6.07, 6.45) is 1.22. The standard InChI is InChI=1S/C19H32N4.HI/c1-5-20-19(22-16(4)15(2)3)21-13-17-11-12-23(14-17)18-9-7-6-8-10-18;/h6-10,15-17H,5,11-14H2,1-4H3,(H2,20,21,22);1H. The van der Waals surface area contributed by atoms with Crippen LogP contribution in [0.3, 0.4) is 0 Å². The minimum atomic E-state index is 0. The van der Waals surface area contributed by atoms with Crippen molar-refractivity contribution in [3.8, 4) is 0 Å². The Bertz CT molecular complexity index is 489. The van der Waals surface area contributed by atoms with E-state index < -0.39 is 0 Å². The van der Waals surface area contributed by atoms with Crippen LogP contribution in [0.1, 0.15) is 34.1 Å². The van der Waals surface area contributed by atoms with Crippen molar-refractivity contribution in [2.24, 2.45) is 16.8 Å². The Morgan fingerprint density at radius 2 is 1.96 bits per heavy atom. The highest BCUT2D eigenvalue weighted by atomic mass is 127. The average molecular weight is 444 g/mol. The average Bonchev–Trinajstić information content (AvgIpc) is 3.02. The Kier molecular flexibility index (Phi) is 9.48. The number of halogens is 1. The molecule has 5 heteroatoms. The fraction of sp³-hybridized carbons (Fsp3) is 0.632. The summed E-state index contributed by atoms with van der Waals surface area (Å²) in [6.45, 7) is 12.8. The maximum atomic E-state index is 4.81. The third-order valence-electron chi connectivity index (χ3n) is 4.62. The first-order chi connectivity index (χ1) is 11.1. The fourth-order valence-corrected chi connectivity index (χ4v) is 2.78. The van der Waals surface area contributed by atoms with Crippen LogP contribution >= 0.6 is 24.0 Å². The number of hydrogen-bond donors (Lipinski definition) is 2. The highest BCUT2D eigenvalue weighted by Gasteiger charge is 2.22. The minimum absolute atomic E-state index is 0. The molecule has 4 nitrogen and oxygen atoms in total. The van der Waals surface area contributed by atoms with Gasteiger partial charge in [0.05, 0.1) is 0 Å². The summed E-state index contributed by atoms with van der Waals surface area (Å²) in [5.41, 5.74) is 1.33. The third-order valence-corrected chi connectivity index (χ3v) is 4.62. The number of rotatable bonds is 6. The van der Waals surface area contributed by atoms with Crippen LogP contribution in [0.15, 0.2) is 35.3 Å². The maximum absolute atomic E-state index is 4.81. The molecular formula is C19H33IN4. The van der Waals surface area contributed by atoms with Gasteiger partial charge in [0.15, 0.2) is 5.96 Å². The molecule has 1 heterocycles. The summed E-state index contributed by atoms with van der Waals surface area (Å²) in [4.78, 5) is 7.28. The number of para-hydroxylation sites is 1. The van der Waals surface area contributed by atoms with Crippen molar-refractivity contribution in [2.45, 2.75) is 40.2 Å². The quantitative estimate of drug-likeness (QED) is 0.399. The van der Waals surface area contributed by atoms with Gasteiger partial charge in [0.25, 0.3) is 0 Å². The molecule has 2 atom stereocenters. The molecule has 1 aromatic rings. The van der Waals surface area contributed by atoms with Gasteiger partial charge in [0, 0.05) is 37.9 Å². The van der Waals surface area contributed by atoms with Crippen molar-refractivity contribution >= 4 is 35.6 Å². The topological polar surface area (TPSA) is 39.7 Å². The van der Waals surface area contributed by atoms with Gasteiger partial charge >= 0.3 is 0 Å². The first kappa shape index (κ1) is 21.1. The highest BCUT2D eigenvalue weighted by Crippen LogP contribution is 2.23. The second-order valence-electron chi connectivity index (χ2n) is 6.83. The lowest BCUT2D eigenvalue weighted by atomic mass is 10.1. The summed E-state index contributed by atoms with van der Waals surface area (Å²) in [5.74, 6) is 2.19. The Morgan fingerprint density at radius 1 is 1.25 bits per heavy atom. The maximum Gasteiger partial charge on any atom is 0.191 e. The lowest BCUT2D eigenvalue weighted by Crippen LogP contribution is -2.44. The van der Waals surface area contributed by atoms with E-state index in [2.05, 4.69) is 73.6 Å². The number of guanidine groups is 1. The number of anilines is 1. The van der Waals surface area contributed by atoms with Crippen molar-refractivity contribution in [1.29, 1.82) is 0 Å². The van der Waals surface area contributed by atoms with Gasteiger partial charge < -0.3 is 15.5 Å². The monoisotopic (exact) mass is 444 g/mol. The van der Waals surface area contributed by atoms with Crippen molar-refractivity contribution < 1.29 is 0 Å². The van der Waals surface area contributed by atoms with E-state index in [4.69, 9.17) is 4.99 Å². The highest BCUT2D eigenvalue weighted by molar-refractivity contribution is 14.0. The van der Waals surface area contributed by atoms with Gasteiger partial charge in [-0.2, -0.15) is 0 Å². The van der Waals surface area contributed by atoms with Crippen LogP contribution in [0, 0.1) is 11.8 Å². The van der Waals surface area contributed by atoms with Crippen LogP contribution in [0.4, 0.5) is 5.69 Å². The van der Waals surface area contributed by atoms with Crippen LogP contribution in [0.25, 0.3) is 0 Å². The number of nitrogens with zero attached hydrogens (tertiary/aromatic N) is 2. The zero-order valence-corrected chi connectivity index (χ0v) is 17.8. The van der Waals surface area contributed by atoms with Crippen molar-refractivity contribution in [1.82, 2.24) is 10.6 Å². The SMILES string of the molecule is CCNC(=NCC1CCN(c2ccccc2)C1)NC(C)C(C)C.I. The number of aliphatic imine (C=N–C) groups is 1. The van der Waals surface area contributed by atoms with E-state index in [9.17, 15) is 0 Å². The van der Waals surface area contributed by atoms with Crippen LogP contribution in [-0.4, -0.2) is 38.2 Å². The molecule has 0 aliphatic carbocycles. The number of hydrogen-bond acceptors (Lipinski definition) is 2. The predicted octanol–water partition coefficient (Wildman–Crippen LogP) is 3.73. The molecule has 0 bridgehead atoms. The molecule has 1 fully saturated rings. The van der Waals surface area contributed by atoms with Gasteiger partial charge in [-0.3, -0.25) is 4.99 Å². The number of nitrogens with one attached hydrogen (secondary N) is 2. The van der Waals surface area contributed by atoms with E-state index >= 15 is 0 Å². The van der Waals surface area contributed by atoms with Gasteiger partial charge in [0.1, 0.15) is 0 Å². The first-order valence-electron chi connectivity index (χ1n) is 8.95. The Labute approximate surface area is 164 Å². The van der Waals surface area contributed by atoms with Crippen LogP contribution in [0.2, 0.25) is 0 Å². The second-order valence-corrected chi connectivity index (χ2v) is 6.83. The van der Waals surface area contributed by atoms with Gasteiger partial charge in [-0.05, 0) is 44.2 Å². The molecule has 2 N–H and O–H groups in total. The lowest BCUT2D eigenvalue weighted by molar-refractivity contribution is 0.479. The molecule has 136 valence electrons. The molecule has 0 amide bonds. The van der Waals surface area contributed by atoms with Crippen LogP contribution < -0.4 is 15.5 Å². The molecule has 1 aliphatic rings. The summed E-state index contributed by atoms with van der Waals surface area (Å²) in [6, 6.07) is 11.1. The zero-order chi connectivity index (χ0) is 16.7. The van der Waals surface area contributed by atoms with E-state index in [1.54, 1.807) is 0 Å². The Hall–Kier alpha value is -0.980. The summed E-state index contributed by atoms with van der Waals surface area (Å²) in [7, 11) is 0. The van der Waals surface area contributed by atoms with Gasteiger partial charge in [-0.25, -0.2) is 0 Å². The first-order valence-corrected chi connectivity index (χ1v) is 8.95. The Morgan fingerprint density at radius 3 is 2.58 bits per heavy atom. The van der Waals surface area contributed by atoms with Gasteiger partial charge in [-0.1, -0.05) is 32.0 Å². The van der Waals surface area contributed by atoms with Crippen molar-refractivity contribution in [3.63, 3.8) is 0 Å². The lowest BCUT2D eigenvalue weighted by Gasteiger charge is -2.21. The minimum Gasteiger partial charge on any atom is -0.371 e. The van der Waals surface area contributed by atoms with Crippen molar-refractivity contribution in [2.75, 3.05) is 31.1 Å². The van der Waals surface area contributed by atoms with E-state index in [0.29, 0.717) is 17.9 Å². The largest absolute Gasteiger partial charge is 0.371 e. The molecule has 2 rings (SSSR count). The molecule has 0 saturated carbocycles. The molecule has 1 aliphatic heterocycles. The van der Waals surface area contributed by atoms with E-state index in [1.165, 1.54) is 12.1 Å². The Balaban J connectivity index is 0.00000288. The van der Waals surface area contributed by atoms with E-state index in [-0.39, 0.29) is 24.0 Å². The summed E-state index contributed by atoms with van der Waals surface area (Å²) < 4.78 is 0. The van der Waals surface area contributed by atoms with Gasteiger partial charge in [0.2, 0.25) is 0 Å². The number of benzene rings is 1. The molecule has 1 aromatic carbocycles. The van der Waals surface area contributed by atoms with E-state index in [1.807, 2.05) is 0 Å². The molecule has 0 aromatic heterocycles. The van der Waals surface area contributed by atoms with Crippen LogP contribution in [0.5, 0.6) is 0 Å². The predicted molar refractivity (Wildman–Crippen MR) is 116 cm³/mol. The molecule has 24 heavy (non-hydrogen) atoms. The zero-order valence-electron chi connectivity index (χ0n) is 15.5. The molecule has 0 radical (unpaired) electrons. The fourth-order valence-electron chi connectivity index (χ4n) is 2.78. The molecule has 0 spiro atoms. The molecular weight excluding hydrogens is 411 g/mol. The summed E-state index contributed by atoms with van der Waals surface area (Å²) in [5, 5.41) is 6.87. The third kappa shape index (κ3) is 6.49.